The van der Waals surface area contributed by atoms with Gasteiger partial charge < -0.3 is 15.0 Å². The van der Waals surface area contributed by atoms with Gasteiger partial charge in [-0.3, -0.25) is 9.59 Å². The van der Waals surface area contributed by atoms with E-state index < -0.39 is 0 Å². The van der Waals surface area contributed by atoms with Gasteiger partial charge in [0.25, 0.3) is 5.91 Å². The van der Waals surface area contributed by atoms with E-state index in [0.717, 1.165) is 11.1 Å². The van der Waals surface area contributed by atoms with Crippen LogP contribution in [0, 0.1) is 0 Å². The number of para-hydroxylation sites is 1. The zero-order chi connectivity index (χ0) is 19.6. The number of carbonyl (C=O) groups is 2. The van der Waals surface area contributed by atoms with Crippen LogP contribution in [0.4, 0.5) is 0 Å². The molecule has 0 radical (unpaired) electrons. The van der Waals surface area contributed by atoms with Gasteiger partial charge in [-0.2, -0.15) is 0 Å². The number of hydrogen-bond acceptors (Lipinski definition) is 3. The highest BCUT2D eigenvalue weighted by Gasteiger charge is 2.17. The van der Waals surface area contributed by atoms with Gasteiger partial charge in [0.15, 0.2) is 6.61 Å². The van der Waals surface area contributed by atoms with Crippen LogP contribution in [0.3, 0.4) is 0 Å². The van der Waals surface area contributed by atoms with Crippen molar-refractivity contribution in [1.82, 2.24) is 10.2 Å². The fourth-order valence-corrected chi connectivity index (χ4v) is 2.52. The number of nitrogens with one attached hydrogen (secondary N) is 1. The van der Waals surface area contributed by atoms with E-state index in [1.807, 2.05) is 61.5 Å². The summed E-state index contributed by atoms with van der Waals surface area (Å²) >= 11 is 0. The third-order valence-electron chi connectivity index (χ3n) is 4.10. The van der Waals surface area contributed by atoms with Crippen molar-refractivity contribution < 1.29 is 14.3 Å². The number of benzene rings is 2. The number of hydrogen-bond donors (Lipinski definition) is 1. The first kappa shape index (κ1) is 20.2. The molecule has 2 aromatic carbocycles. The predicted octanol–water partition coefficient (Wildman–Crippen LogP) is 3.43. The lowest BCUT2D eigenvalue weighted by atomic mass is 10.0. The van der Waals surface area contributed by atoms with Gasteiger partial charge in [-0.25, -0.2) is 0 Å². The van der Waals surface area contributed by atoms with E-state index in [1.165, 1.54) is 11.0 Å². The second kappa shape index (κ2) is 10.2. The quantitative estimate of drug-likeness (QED) is 0.728. The lowest BCUT2D eigenvalue weighted by molar-refractivity contribution is -0.130. The molecule has 1 atom stereocenters. The molecule has 142 valence electrons. The Hall–Kier alpha value is -3.08. The Morgan fingerprint density at radius 3 is 2.41 bits per heavy atom. The Labute approximate surface area is 160 Å². The molecule has 0 fully saturated rings. The number of ether oxygens (including phenoxy) is 1. The zero-order valence-electron chi connectivity index (χ0n) is 16.0. The van der Waals surface area contributed by atoms with Crippen LogP contribution in [0.15, 0.2) is 60.7 Å². The molecule has 1 N–H and O–H groups in total. The number of amides is 2. The summed E-state index contributed by atoms with van der Waals surface area (Å²) < 4.78 is 5.69. The minimum Gasteiger partial charge on any atom is -0.483 e. The Bertz CT molecular complexity index is 785. The summed E-state index contributed by atoms with van der Waals surface area (Å²) in [5.41, 5.74) is 1.82. The van der Waals surface area contributed by atoms with Crippen LogP contribution in [0.1, 0.15) is 30.5 Å². The first-order chi connectivity index (χ1) is 13.0. The molecule has 0 heterocycles. The van der Waals surface area contributed by atoms with E-state index in [0.29, 0.717) is 12.2 Å². The highest BCUT2D eigenvalue weighted by Crippen LogP contribution is 2.27. The normalized spacial score (nSPS) is 11.8. The van der Waals surface area contributed by atoms with Crippen molar-refractivity contribution in [2.75, 3.05) is 20.7 Å². The van der Waals surface area contributed by atoms with Gasteiger partial charge in [-0.05, 0) is 24.1 Å². The summed E-state index contributed by atoms with van der Waals surface area (Å²) in [5.74, 6) is 0.310. The van der Waals surface area contributed by atoms with Crippen molar-refractivity contribution in [3.05, 3.63) is 71.8 Å². The Balaban J connectivity index is 2.07. The van der Waals surface area contributed by atoms with Gasteiger partial charge in [-0.15, -0.1) is 0 Å². The predicted molar refractivity (Wildman–Crippen MR) is 107 cm³/mol. The maximum absolute atomic E-state index is 12.3. The van der Waals surface area contributed by atoms with Crippen molar-refractivity contribution in [2.24, 2.45) is 0 Å². The average molecular weight is 366 g/mol. The van der Waals surface area contributed by atoms with Gasteiger partial charge in [0, 0.05) is 25.7 Å². The molecule has 0 saturated carbocycles. The fraction of sp³-hybridized carbons (Fsp3) is 0.273. The van der Waals surface area contributed by atoms with Crippen molar-refractivity contribution in [3.63, 3.8) is 0 Å². The molecular formula is C22H26N2O3. The van der Waals surface area contributed by atoms with Crippen molar-refractivity contribution in [3.8, 4) is 5.75 Å². The van der Waals surface area contributed by atoms with E-state index in [9.17, 15) is 9.59 Å². The summed E-state index contributed by atoms with van der Waals surface area (Å²) in [6.45, 7) is 1.95. The van der Waals surface area contributed by atoms with E-state index in [2.05, 4.69) is 5.32 Å². The lowest BCUT2D eigenvalue weighted by Crippen LogP contribution is -2.29. The lowest BCUT2D eigenvalue weighted by Gasteiger charge is -2.20. The third kappa shape index (κ3) is 6.29. The molecule has 0 bridgehead atoms. The topological polar surface area (TPSA) is 58.6 Å². The SMILES string of the molecule is CCC(NC(=O)C=Cc1ccccc1)c1ccccc1OCC(=O)N(C)C. The summed E-state index contributed by atoms with van der Waals surface area (Å²) in [5, 5.41) is 3.00. The molecule has 2 aromatic rings. The fourth-order valence-electron chi connectivity index (χ4n) is 2.52. The number of nitrogens with zero attached hydrogens (tertiary/aromatic N) is 1. The average Bonchev–Trinajstić information content (AvgIpc) is 2.69. The molecular weight excluding hydrogens is 340 g/mol. The van der Waals surface area contributed by atoms with Crippen LogP contribution in [0.25, 0.3) is 6.08 Å². The van der Waals surface area contributed by atoms with Crippen molar-refractivity contribution in [2.45, 2.75) is 19.4 Å². The van der Waals surface area contributed by atoms with E-state index in [4.69, 9.17) is 4.74 Å². The molecule has 0 spiro atoms. The zero-order valence-corrected chi connectivity index (χ0v) is 16.0. The molecule has 0 aliphatic heterocycles. The van der Waals surface area contributed by atoms with E-state index >= 15 is 0 Å². The minimum absolute atomic E-state index is 0.0394. The van der Waals surface area contributed by atoms with Crippen LogP contribution in [-0.4, -0.2) is 37.4 Å². The Morgan fingerprint density at radius 1 is 1.07 bits per heavy atom. The molecule has 0 aromatic heterocycles. The van der Waals surface area contributed by atoms with Crippen LogP contribution in [0.2, 0.25) is 0 Å². The smallest absolute Gasteiger partial charge is 0.259 e. The monoisotopic (exact) mass is 366 g/mol. The number of carbonyl (C=O) groups excluding carboxylic acids is 2. The highest BCUT2D eigenvalue weighted by molar-refractivity contribution is 5.92. The van der Waals surface area contributed by atoms with Crippen LogP contribution >= 0.6 is 0 Å². The third-order valence-corrected chi connectivity index (χ3v) is 4.10. The number of likely N-dealkylation sites (N-methyl/N-ethyl adjacent to an activating group) is 1. The molecule has 0 aliphatic rings. The van der Waals surface area contributed by atoms with Gasteiger partial charge >= 0.3 is 0 Å². The molecule has 2 rings (SSSR count). The van der Waals surface area contributed by atoms with Gasteiger partial charge in [0.2, 0.25) is 5.91 Å². The largest absolute Gasteiger partial charge is 0.483 e. The minimum atomic E-state index is -0.205. The summed E-state index contributed by atoms with van der Waals surface area (Å²) in [7, 11) is 3.37. The second-order valence-corrected chi connectivity index (χ2v) is 6.33. The summed E-state index contributed by atoms with van der Waals surface area (Å²) in [6, 6.07) is 16.9. The molecule has 0 aliphatic carbocycles. The molecule has 0 saturated heterocycles. The Morgan fingerprint density at radius 2 is 1.74 bits per heavy atom. The molecule has 5 heteroatoms. The highest BCUT2D eigenvalue weighted by atomic mass is 16.5. The standard InChI is InChI=1S/C22H26N2O3/c1-4-19(23-21(25)15-14-17-10-6-5-7-11-17)18-12-8-9-13-20(18)27-16-22(26)24(2)3/h5-15,19H,4,16H2,1-3H3,(H,23,25). The second-order valence-electron chi connectivity index (χ2n) is 6.33. The number of rotatable bonds is 8. The van der Waals surface area contributed by atoms with Crippen LogP contribution in [0.5, 0.6) is 5.75 Å². The maximum Gasteiger partial charge on any atom is 0.259 e. The Kier molecular flexibility index (Phi) is 7.62. The van der Waals surface area contributed by atoms with Crippen LogP contribution < -0.4 is 10.1 Å². The first-order valence-corrected chi connectivity index (χ1v) is 8.96. The maximum atomic E-state index is 12.3. The first-order valence-electron chi connectivity index (χ1n) is 8.96. The van der Waals surface area contributed by atoms with Crippen molar-refractivity contribution >= 4 is 17.9 Å². The van der Waals surface area contributed by atoms with Crippen molar-refractivity contribution in [1.29, 1.82) is 0 Å². The summed E-state index contributed by atoms with van der Waals surface area (Å²) in [4.78, 5) is 25.6. The van der Waals surface area contributed by atoms with Crippen LogP contribution in [-0.2, 0) is 9.59 Å². The van der Waals surface area contributed by atoms with Gasteiger partial charge in [0.1, 0.15) is 5.75 Å². The van der Waals surface area contributed by atoms with Gasteiger partial charge in [-0.1, -0.05) is 55.5 Å². The molecule has 5 nitrogen and oxygen atoms in total. The molecule has 27 heavy (non-hydrogen) atoms. The van der Waals surface area contributed by atoms with Gasteiger partial charge in [0.05, 0.1) is 6.04 Å². The molecule has 2 amide bonds. The van der Waals surface area contributed by atoms with E-state index in [-0.39, 0.29) is 24.5 Å². The molecule has 1 unspecified atom stereocenters. The summed E-state index contributed by atoms with van der Waals surface area (Å²) in [6.07, 6.45) is 4.00. The van der Waals surface area contributed by atoms with E-state index in [1.54, 1.807) is 20.2 Å².